The first-order chi connectivity index (χ1) is 11.8. The molecule has 0 aliphatic carbocycles. The Balaban J connectivity index is 1.99. The van der Waals surface area contributed by atoms with Gasteiger partial charge in [-0.1, -0.05) is 11.6 Å². The summed E-state index contributed by atoms with van der Waals surface area (Å²) < 4.78 is 4.02. The Hall–Kier alpha value is -2.05. The molecule has 0 bridgehead atoms. The van der Waals surface area contributed by atoms with Crippen LogP contribution >= 0.6 is 24.0 Å². The number of nitrogens with zero attached hydrogens (tertiary/aromatic N) is 4. The van der Waals surface area contributed by atoms with E-state index in [1.54, 1.807) is 11.3 Å². The smallest absolute Gasteiger partial charge is 0.176 e. The maximum atomic E-state index is 4.81. The van der Waals surface area contributed by atoms with Gasteiger partial charge in [-0.05, 0) is 39.0 Å². The van der Waals surface area contributed by atoms with Crippen molar-refractivity contribution in [3.05, 3.63) is 52.8 Å². The van der Waals surface area contributed by atoms with Crippen LogP contribution in [0.4, 0.5) is 0 Å². The van der Waals surface area contributed by atoms with E-state index in [2.05, 4.69) is 51.7 Å². The summed E-state index contributed by atoms with van der Waals surface area (Å²) >= 11 is 6.32. The highest BCUT2D eigenvalue weighted by Crippen LogP contribution is 2.30. The molecule has 0 saturated carbocycles. The predicted octanol–water partition coefficient (Wildman–Crippen LogP) is 5.09. The molecule has 0 amide bonds. The number of hydrogen-bond donors (Lipinski definition) is 1. The Morgan fingerprint density at radius 3 is 2.36 bits per heavy atom. The van der Waals surface area contributed by atoms with Gasteiger partial charge >= 0.3 is 0 Å². The maximum absolute atomic E-state index is 4.81. The molecular formula is C19H22N4S2. The maximum Gasteiger partial charge on any atom is 0.176 e. The van der Waals surface area contributed by atoms with Gasteiger partial charge in [0.15, 0.2) is 11.6 Å². The molecule has 0 spiro atoms. The van der Waals surface area contributed by atoms with Gasteiger partial charge in [0.2, 0.25) is 0 Å². The highest BCUT2D eigenvalue weighted by molar-refractivity contribution is 7.90. The third kappa shape index (κ3) is 3.80. The molecule has 25 heavy (non-hydrogen) atoms. The van der Waals surface area contributed by atoms with Crippen LogP contribution in [0.2, 0.25) is 0 Å². The van der Waals surface area contributed by atoms with Gasteiger partial charge in [0.05, 0.1) is 16.3 Å². The van der Waals surface area contributed by atoms with Crippen molar-refractivity contribution in [2.75, 3.05) is 0 Å². The lowest BCUT2D eigenvalue weighted by molar-refractivity contribution is 0.860. The zero-order valence-electron chi connectivity index (χ0n) is 15.1. The lowest BCUT2D eigenvalue weighted by Crippen LogP contribution is -1.98. The Morgan fingerprint density at radius 2 is 1.72 bits per heavy atom. The van der Waals surface area contributed by atoms with Crippen LogP contribution in [0.15, 0.2) is 42.3 Å². The molecule has 0 radical (unpaired) electrons. The SMILES string of the molecule is CC(C)=C/C=C(\S)c1cn(C)c(-c2nc(-c3ccc(C)s3)cn2C)n1. The van der Waals surface area contributed by atoms with Crippen LogP contribution in [0.5, 0.6) is 0 Å². The first kappa shape index (κ1) is 17.8. The molecule has 3 heterocycles. The quantitative estimate of drug-likeness (QED) is 0.513. The molecule has 0 aliphatic heterocycles. The topological polar surface area (TPSA) is 35.6 Å². The molecule has 0 atom stereocenters. The number of aryl methyl sites for hydroxylation is 3. The summed E-state index contributed by atoms with van der Waals surface area (Å²) in [5, 5.41) is 0. The van der Waals surface area contributed by atoms with Crippen LogP contribution in [0.3, 0.4) is 0 Å². The number of thiol groups is 1. The van der Waals surface area contributed by atoms with Crippen molar-refractivity contribution in [1.29, 1.82) is 0 Å². The molecule has 3 aromatic heterocycles. The standard InChI is InChI=1S/C19H22N4S2/c1-12(2)6-8-16(24)14-10-22(4)18(20-14)19-21-15(11-23(19)5)17-9-7-13(3)25-17/h6-11,24H,1-5H3/b16-8-. The van der Waals surface area contributed by atoms with Crippen LogP contribution in [0.25, 0.3) is 27.1 Å². The Morgan fingerprint density at radius 1 is 1.04 bits per heavy atom. The molecule has 0 unspecified atom stereocenters. The molecule has 3 aromatic rings. The van der Waals surface area contributed by atoms with Crippen molar-refractivity contribution in [3.8, 4) is 22.2 Å². The summed E-state index contributed by atoms with van der Waals surface area (Å²) in [5.41, 5.74) is 3.05. The molecule has 130 valence electrons. The number of imidazole rings is 2. The van der Waals surface area contributed by atoms with Crippen molar-refractivity contribution in [2.24, 2.45) is 14.1 Å². The molecule has 0 fully saturated rings. The van der Waals surface area contributed by atoms with Crippen molar-refractivity contribution in [1.82, 2.24) is 19.1 Å². The number of aromatic nitrogens is 4. The van der Waals surface area contributed by atoms with Gasteiger partial charge in [-0.2, -0.15) is 0 Å². The van der Waals surface area contributed by atoms with Gasteiger partial charge in [0.1, 0.15) is 0 Å². The molecule has 3 rings (SSSR count). The highest BCUT2D eigenvalue weighted by Gasteiger charge is 2.16. The highest BCUT2D eigenvalue weighted by atomic mass is 32.1. The number of thiophene rings is 1. The van der Waals surface area contributed by atoms with E-state index in [1.165, 1.54) is 15.3 Å². The van der Waals surface area contributed by atoms with Gasteiger partial charge in [0, 0.05) is 36.3 Å². The van der Waals surface area contributed by atoms with Gasteiger partial charge in [-0.25, -0.2) is 9.97 Å². The fourth-order valence-electron chi connectivity index (χ4n) is 2.49. The van der Waals surface area contributed by atoms with Crippen molar-refractivity contribution in [2.45, 2.75) is 20.8 Å². The van der Waals surface area contributed by atoms with Gasteiger partial charge < -0.3 is 9.13 Å². The van der Waals surface area contributed by atoms with Crippen molar-refractivity contribution in [3.63, 3.8) is 0 Å². The summed E-state index contributed by atoms with van der Waals surface area (Å²) in [6.07, 6.45) is 8.05. The van der Waals surface area contributed by atoms with Gasteiger partial charge in [0.25, 0.3) is 0 Å². The minimum atomic E-state index is 0.828. The molecule has 0 aliphatic rings. The zero-order chi connectivity index (χ0) is 18.1. The first-order valence-electron chi connectivity index (χ1n) is 8.03. The number of allylic oxidation sites excluding steroid dienone is 3. The monoisotopic (exact) mass is 370 g/mol. The van der Waals surface area contributed by atoms with E-state index < -0.39 is 0 Å². The lowest BCUT2D eigenvalue weighted by Gasteiger charge is -2.00. The molecule has 0 saturated heterocycles. The Bertz CT molecular complexity index is 966. The van der Waals surface area contributed by atoms with E-state index in [1.807, 2.05) is 41.6 Å². The third-order valence-corrected chi connectivity index (χ3v) is 5.18. The summed E-state index contributed by atoms with van der Waals surface area (Å²) in [6.45, 7) is 6.22. The molecule has 4 nitrogen and oxygen atoms in total. The summed E-state index contributed by atoms with van der Waals surface area (Å²) in [6, 6.07) is 4.23. The Kier molecular flexibility index (Phi) is 5.01. The average molecular weight is 371 g/mol. The van der Waals surface area contributed by atoms with Crippen LogP contribution in [0, 0.1) is 6.92 Å². The van der Waals surface area contributed by atoms with Crippen LogP contribution < -0.4 is 0 Å². The van der Waals surface area contributed by atoms with E-state index >= 15 is 0 Å². The second-order valence-corrected chi connectivity index (χ2v) is 8.10. The second kappa shape index (κ2) is 7.06. The minimum Gasteiger partial charge on any atom is -0.331 e. The van der Waals surface area contributed by atoms with E-state index in [9.17, 15) is 0 Å². The van der Waals surface area contributed by atoms with Crippen LogP contribution in [-0.4, -0.2) is 19.1 Å². The van der Waals surface area contributed by atoms with Gasteiger partial charge in [-0.3, -0.25) is 0 Å². The number of hydrogen-bond acceptors (Lipinski definition) is 4. The predicted molar refractivity (Wildman–Crippen MR) is 110 cm³/mol. The zero-order valence-corrected chi connectivity index (χ0v) is 16.8. The molecule has 6 heteroatoms. The van der Waals surface area contributed by atoms with Gasteiger partial charge in [-0.15, -0.1) is 24.0 Å². The Labute approximate surface area is 158 Å². The first-order valence-corrected chi connectivity index (χ1v) is 9.30. The van der Waals surface area contributed by atoms with E-state index in [-0.39, 0.29) is 0 Å². The van der Waals surface area contributed by atoms with Crippen molar-refractivity contribution >= 4 is 28.9 Å². The van der Waals surface area contributed by atoms with E-state index in [0.29, 0.717) is 0 Å². The van der Waals surface area contributed by atoms with Crippen LogP contribution in [-0.2, 0) is 14.1 Å². The normalized spacial score (nSPS) is 11.8. The lowest BCUT2D eigenvalue weighted by atomic mass is 10.3. The van der Waals surface area contributed by atoms with Crippen LogP contribution in [0.1, 0.15) is 24.4 Å². The molecule has 0 N–H and O–H groups in total. The minimum absolute atomic E-state index is 0.828. The van der Waals surface area contributed by atoms with Crippen molar-refractivity contribution < 1.29 is 0 Å². The second-order valence-electron chi connectivity index (χ2n) is 6.33. The average Bonchev–Trinajstić information content (AvgIpc) is 3.23. The number of rotatable bonds is 4. The summed E-state index contributed by atoms with van der Waals surface area (Å²) in [7, 11) is 3.98. The van der Waals surface area contributed by atoms with E-state index in [4.69, 9.17) is 9.97 Å². The molecular weight excluding hydrogens is 348 g/mol. The molecule has 0 aromatic carbocycles. The largest absolute Gasteiger partial charge is 0.331 e. The fraction of sp³-hybridized carbons (Fsp3) is 0.263. The summed E-state index contributed by atoms with van der Waals surface area (Å²) in [5.74, 6) is 1.67. The summed E-state index contributed by atoms with van der Waals surface area (Å²) in [4.78, 5) is 12.8. The third-order valence-electron chi connectivity index (χ3n) is 3.78. The van der Waals surface area contributed by atoms with E-state index in [0.717, 1.165) is 27.9 Å². The fourth-order valence-corrected chi connectivity index (χ4v) is 3.50.